The Balaban J connectivity index is 1.86. The number of aryl methyl sites for hydroxylation is 1. The van der Waals surface area contributed by atoms with Crippen LogP contribution in [0.15, 0.2) is 57.3 Å². The minimum absolute atomic E-state index is 0.136. The first-order chi connectivity index (χ1) is 14.1. The van der Waals surface area contributed by atoms with Crippen LogP contribution in [-0.2, 0) is 16.1 Å². The predicted octanol–water partition coefficient (Wildman–Crippen LogP) is 4.65. The summed E-state index contributed by atoms with van der Waals surface area (Å²) in [5.74, 6) is 0.940. The molecule has 7 heteroatoms. The number of carbonyl (C=O) groups is 1. The van der Waals surface area contributed by atoms with Gasteiger partial charge in [0.05, 0.1) is 18.8 Å². The zero-order valence-corrected chi connectivity index (χ0v) is 17.0. The van der Waals surface area contributed by atoms with E-state index in [0.717, 1.165) is 16.7 Å². The average Bonchev–Trinajstić information content (AvgIpc) is 3.39. The summed E-state index contributed by atoms with van der Waals surface area (Å²) in [6.07, 6.45) is 2.31. The number of methoxy groups -OCH3 is 1. The molecular weight excluding hydrogens is 388 g/mol. The van der Waals surface area contributed by atoms with Gasteiger partial charge in [-0.3, -0.25) is 14.2 Å². The number of ether oxygens (including phenoxy) is 1. The Hall–Kier alpha value is -3.19. The van der Waals surface area contributed by atoms with Gasteiger partial charge in [-0.25, -0.2) is 4.98 Å². The van der Waals surface area contributed by atoms with Gasteiger partial charge in [0.15, 0.2) is 0 Å². The van der Waals surface area contributed by atoms with E-state index in [1.54, 1.807) is 16.9 Å². The summed E-state index contributed by atoms with van der Waals surface area (Å²) in [5.41, 5.74) is 2.60. The van der Waals surface area contributed by atoms with Crippen LogP contribution in [0.2, 0.25) is 0 Å². The fourth-order valence-electron chi connectivity index (χ4n) is 3.25. The van der Waals surface area contributed by atoms with Gasteiger partial charge in [-0.15, -0.1) is 11.3 Å². The molecule has 0 atom stereocenters. The maximum absolute atomic E-state index is 13.5. The second-order valence-electron chi connectivity index (χ2n) is 6.74. The van der Waals surface area contributed by atoms with Gasteiger partial charge in [0, 0.05) is 29.5 Å². The number of fused-ring (bicyclic) bond motifs is 1. The lowest BCUT2D eigenvalue weighted by Crippen LogP contribution is -2.24. The van der Waals surface area contributed by atoms with Gasteiger partial charge in [0.25, 0.3) is 5.56 Å². The Morgan fingerprint density at radius 2 is 2.03 bits per heavy atom. The van der Waals surface area contributed by atoms with Crippen LogP contribution in [0.3, 0.4) is 0 Å². The fourth-order valence-corrected chi connectivity index (χ4v) is 4.17. The summed E-state index contributed by atoms with van der Waals surface area (Å²) in [6, 6.07) is 11.5. The number of carbonyl (C=O) groups excluding carboxylic acids is 1. The Morgan fingerprint density at radius 3 is 2.72 bits per heavy atom. The first-order valence-electron chi connectivity index (χ1n) is 9.28. The van der Waals surface area contributed by atoms with Crippen molar-refractivity contribution >= 4 is 27.5 Å². The minimum Gasteiger partial charge on any atom is -0.469 e. The molecule has 0 aliphatic carbocycles. The molecule has 0 bridgehead atoms. The van der Waals surface area contributed by atoms with E-state index >= 15 is 0 Å². The van der Waals surface area contributed by atoms with E-state index in [0.29, 0.717) is 34.8 Å². The standard InChI is InChI=1S/C22H20N2O4S/c1-14-7-9-15(10-8-14)20-23-21-19(16(13-29-21)17-5-4-12-28-17)22(26)24(20)11-3-6-18(25)27-2/h4-5,7-10,12-13H,3,6,11H2,1-2H3. The van der Waals surface area contributed by atoms with Crippen molar-refractivity contribution in [2.75, 3.05) is 7.11 Å². The number of esters is 1. The maximum Gasteiger partial charge on any atom is 0.305 e. The fraction of sp³-hybridized carbons (Fsp3) is 0.227. The van der Waals surface area contributed by atoms with Crippen molar-refractivity contribution in [2.24, 2.45) is 0 Å². The molecule has 148 valence electrons. The Kier molecular flexibility index (Phi) is 5.31. The zero-order valence-electron chi connectivity index (χ0n) is 16.2. The van der Waals surface area contributed by atoms with Gasteiger partial charge in [0.2, 0.25) is 0 Å². The molecule has 0 N–H and O–H groups in total. The number of rotatable bonds is 6. The average molecular weight is 408 g/mol. The molecule has 0 saturated carbocycles. The predicted molar refractivity (Wildman–Crippen MR) is 113 cm³/mol. The summed E-state index contributed by atoms with van der Waals surface area (Å²) < 4.78 is 11.9. The Morgan fingerprint density at radius 1 is 1.24 bits per heavy atom. The van der Waals surface area contributed by atoms with E-state index in [1.165, 1.54) is 18.4 Å². The van der Waals surface area contributed by atoms with Gasteiger partial charge in [0.1, 0.15) is 16.4 Å². The number of thiophene rings is 1. The van der Waals surface area contributed by atoms with Crippen molar-refractivity contribution in [3.05, 3.63) is 64.0 Å². The van der Waals surface area contributed by atoms with Gasteiger partial charge in [-0.2, -0.15) is 0 Å². The van der Waals surface area contributed by atoms with E-state index in [1.807, 2.05) is 42.6 Å². The van der Waals surface area contributed by atoms with Crippen molar-refractivity contribution in [1.82, 2.24) is 9.55 Å². The van der Waals surface area contributed by atoms with Crippen LogP contribution in [0.4, 0.5) is 0 Å². The molecule has 6 nitrogen and oxygen atoms in total. The number of hydrogen-bond donors (Lipinski definition) is 0. The SMILES string of the molecule is COC(=O)CCCn1c(-c2ccc(C)cc2)nc2scc(-c3ccco3)c2c1=O. The molecule has 3 heterocycles. The molecule has 4 rings (SSSR count). The van der Waals surface area contributed by atoms with Crippen LogP contribution in [-0.4, -0.2) is 22.6 Å². The quantitative estimate of drug-likeness (QED) is 0.434. The highest BCUT2D eigenvalue weighted by Gasteiger charge is 2.19. The number of nitrogens with zero attached hydrogens (tertiary/aromatic N) is 2. The van der Waals surface area contributed by atoms with E-state index in [9.17, 15) is 9.59 Å². The summed E-state index contributed by atoms with van der Waals surface area (Å²) >= 11 is 1.42. The normalized spacial score (nSPS) is 11.1. The van der Waals surface area contributed by atoms with Crippen molar-refractivity contribution in [2.45, 2.75) is 26.3 Å². The van der Waals surface area contributed by atoms with E-state index in [2.05, 4.69) is 0 Å². The third-order valence-corrected chi connectivity index (χ3v) is 5.65. The smallest absolute Gasteiger partial charge is 0.305 e. The molecule has 0 fully saturated rings. The summed E-state index contributed by atoms with van der Waals surface area (Å²) in [5, 5.41) is 2.44. The van der Waals surface area contributed by atoms with Gasteiger partial charge >= 0.3 is 5.97 Å². The molecule has 0 amide bonds. The topological polar surface area (TPSA) is 74.3 Å². The molecule has 29 heavy (non-hydrogen) atoms. The number of benzene rings is 1. The highest BCUT2D eigenvalue weighted by Crippen LogP contribution is 2.32. The Labute approximate surface area is 171 Å². The minimum atomic E-state index is -0.296. The van der Waals surface area contributed by atoms with Crippen LogP contribution in [0.5, 0.6) is 0 Å². The van der Waals surface area contributed by atoms with Crippen LogP contribution < -0.4 is 5.56 Å². The molecule has 4 aromatic rings. The van der Waals surface area contributed by atoms with E-state index in [4.69, 9.17) is 14.1 Å². The highest BCUT2D eigenvalue weighted by atomic mass is 32.1. The lowest BCUT2D eigenvalue weighted by molar-refractivity contribution is -0.140. The molecule has 0 radical (unpaired) electrons. The zero-order chi connectivity index (χ0) is 20.4. The molecule has 0 saturated heterocycles. The third-order valence-electron chi connectivity index (χ3n) is 4.78. The molecule has 0 unspecified atom stereocenters. The number of hydrogen-bond acceptors (Lipinski definition) is 6. The maximum atomic E-state index is 13.5. The lowest BCUT2D eigenvalue weighted by Gasteiger charge is -2.13. The molecule has 0 aliphatic rings. The van der Waals surface area contributed by atoms with Crippen LogP contribution >= 0.6 is 11.3 Å². The first-order valence-corrected chi connectivity index (χ1v) is 10.2. The van der Waals surface area contributed by atoms with Crippen LogP contribution in [0.25, 0.3) is 32.9 Å². The number of furan rings is 1. The van der Waals surface area contributed by atoms with Crippen LogP contribution in [0.1, 0.15) is 18.4 Å². The molecule has 0 aliphatic heterocycles. The van der Waals surface area contributed by atoms with Crippen molar-refractivity contribution in [1.29, 1.82) is 0 Å². The second kappa shape index (κ2) is 8.05. The lowest BCUT2D eigenvalue weighted by atomic mass is 10.1. The first kappa shape index (κ1) is 19.1. The number of aromatic nitrogens is 2. The molecular formula is C22H20N2O4S. The molecule has 3 aromatic heterocycles. The van der Waals surface area contributed by atoms with E-state index in [-0.39, 0.29) is 17.9 Å². The highest BCUT2D eigenvalue weighted by molar-refractivity contribution is 7.17. The second-order valence-corrected chi connectivity index (χ2v) is 7.60. The van der Waals surface area contributed by atoms with E-state index < -0.39 is 0 Å². The molecule has 0 spiro atoms. The van der Waals surface area contributed by atoms with Crippen molar-refractivity contribution in [3.63, 3.8) is 0 Å². The monoisotopic (exact) mass is 408 g/mol. The third kappa shape index (κ3) is 3.73. The molecule has 1 aromatic carbocycles. The van der Waals surface area contributed by atoms with Gasteiger partial charge in [-0.1, -0.05) is 29.8 Å². The summed E-state index contributed by atoms with van der Waals surface area (Å²) in [7, 11) is 1.36. The summed E-state index contributed by atoms with van der Waals surface area (Å²) in [6.45, 7) is 2.38. The largest absolute Gasteiger partial charge is 0.469 e. The van der Waals surface area contributed by atoms with Gasteiger partial charge < -0.3 is 9.15 Å². The van der Waals surface area contributed by atoms with Crippen LogP contribution in [0, 0.1) is 6.92 Å². The van der Waals surface area contributed by atoms with Crippen molar-refractivity contribution < 1.29 is 13.9 Å². The summed E-state index contributed by atoms with van der Waals surface area (Å²) in [4.78, 5) is 30.5. The Bertz CT molecular complexity index is 1200. The van der Waals surface area contributed by atoms with Gasteiger partial charge in [-0.05, 0) is 25.5 Å². The van der Waals surface area contributed by atoms with Crippen molar-refractivity contribution in [3.8, 4) is 22.7 Å².